The summed E-state index contributed by atoms with van der Waals surface area (Å²) in [7, 11) is 0. The minimum absolute atomic E-state index is 0.124. The monoisotopic (exact) mass is 469 g/mol. The minimum Gasteiger partial charge on any atom is -0.481 e. The van der Waals surface area contributed by atoms with E-state index in [0.29, 0.717) is 6.42 Å². The molecule has 0 radical (unpaired) electrons. The molecule has 11 heteroatoms. The largest absolute Gasteiger partial charge is 0.481 e. The fraction of sp³-hybridized carbons (Fsp3) is 0.545. The first-order valence-corrected chi connectivity index (χ1v) is 10.5. The Morgan fingerprint density at radius 1 is 0.697 bits per heavy atom. The maximum Gasteiger partial charge on any atom is 0.305 e. The smallest absolute Gasteiger partial charge is 0.305 e. The minimum atomic E-state index is -1.26. The third-order valence-electron chi connectivity index (χ3n) is 4.40. The van der Waals surface area contributed by atoms with E-state index in [1.807, 2.05) is 30.3 Å². The molecule has 1 amide bonds. The Bertz CT molecular complexity index is 698. The van der Waals surface area contributed by atoms with Crippen LogP contribution >= 0.6 is 0 Å². The van der Waals surface area contributed by atoms with Crippen molar-refractivity contribution in [1.82, 2.24) is 5.32 Å². The van der Waals surface area contributed by atoms with E-state index in [4.69, 9.17) is 29.5 Å². The highest BCUT2D eigenvalue weighted by Gasteiger charge is 2.34. The van der Waals surface area contributed by atoms with Gasteiger partial charge in [-0.3, -0.25) is 19.2 Å². The van der Waals surface area contributed by atoms with Crippen molar-refractivity contribution in [2.45, 2.75) is 37.6 Å². The van der Waals surface area contributed by atoms with E-state index in [-0.39, 0.29) is 71.2 Å². The van der Waals surface area contributed by atoms with Crippen LogP contribution in [0, 0.1) is 0 Å². The molecule has 0 saturated carbocycles. The van der Waals surface area contributed by atoms with Gasteiger partial charge in [-0.25, -0.2) is 0 Å². The standard InChI is InChI=1S/C22H31NO10/c24-18(7-6-17-4-2-1-3-5-17)23-22(14-31-11-8-19(25)26,15-32-12-9-20(27)28)16-33-13-10-21(29)30/h1-5H,6-16H2,(H,23,24)(H,25,26)(H,27,28)(H,29,30). The van der Waals surface area contributed by atoms with E-state index < -0.39 is 23.4 Å². The van der Waals surface area contributed by atoms with Crippen LogP contribution in [0.3, 0.4) is 0 Å². The molecule has 1 rings (SSSR count). The number of ether oxygens (including phenoxy) is 3. The number of aryl methyl sites for hydroxylation is 1. The molecular weight excluding hydrogens is 438 g/mol. The second kappa shape index (κ2) is 15.7. The highest BCUT2D eigenvalue weighted by Crippen LogP contribution is 2.12. The molecule has 0 fully saturated rings. The zero-order valence-electron chi connectivity index (χ0n) is 18.4. The van der Waals surface area contributed by atoms with Gasteiger partial charge >= 0.3 is 17.9 Å². The molecule has 0 spiro atoms. The second-order valence-corrected chi connectivity index (χ2v) is 7.40. The average Bonchev–Trinajstić information content (AvgIpc) is 2.76. The van der Waals surface area contributed by atoms with E-state index in [1.165, 1.54) is 0 Å². The molecule has 1 aromatic carbocycles. The van der Waals surface area contributed by atoms with Crippen molar-refractivity contribution < 1.29 is 48.7 Å². The second-order valence-electron chi connectivity index (χ2n) is 7.40. The number of carboxylic acid groups (broad SMARTS) is 3. The molecule has 0 atom stereocenters. The topological polar surface area (TPSA) is 169 Å². The number of rotatable bonds is 19. The number of carboxylic acids is 3. The van der Waals surface area contributed by atoms with Crippen LogP contribution in [0.4, 0.5) is 0 Å². The number of aliphatic carboxylic acids is 3. The summed E-state index contributed by atoms with van der Waals surface area (Å²) in [5.74, 6) is -3.50. The molecule has 33 heavy (non-hydrogen) atoms. The summed E-state index contributed by atoms with van der Waals surface area (Å²) >= 11 is 0. The molecule has 0 unspecified atom stereocenters. The summed E-state index contributed by atoms with van der Waals surface area (Å²) in [5, 5.41) is 29.2. The summed E-state index contributed by atoms with van der Waals surface area (Å²) in [5.41, 5.74) is -0.296. The third kappa shape index (κ3) is 13.9. The van der Waals surface area contributed by atoms with E-state index >= 15 is 0 Å². The van der Waals surface area contributed by atoms with Crippen molar-refractivity contribution in [2.24, 2.45) is 0 Å². The first-order chi connectivity index (χ1) is 15.7. The highest BCUT2D eigenvalue weighted by atomic mass is 16.5. The highest BCUT2D eigenvalue weighted by molar-refractivity contribution is 5.77. The van der Waals surface area contributed by atoms with Crippen LogP contribution in [-0.4, -0.2) is 84.3 Å². The van der Waals surface area contributed by atoms with Crippen molar-refractivity contribution >= 4 is 23.8 Å². The quantitative estimate of drug-likeness (QED) is 0.214. The van der Waals surface area contributed by atoms with Gasteiger partial charge in [0, 0.05) is 6.42 Å². The van der Waals surface area contributed by atoms with Gasteiger partial charge in [-0.2, -0.15) is 0 Å². The molecule has 0 aliphatic carbocycles. The maximum atomic E-state index is 12.7. The van der Waals surface area contributed by atoms with Gasteiger partial charge < -0.3 is 34.8 Å². The number of benzene rings is 1. The van der Waals surface area contributed by atoms with Crippen LogP contribution in [-0.2, 0) is 39.8 Å². The predicted octanol–water partition coefficient (Wildman–Crippen LogP) is 0.948. The lowest BCUT2D eigenvalue weighted by Gasteiger charge is -2.34. The zero-order valence-corrected chi connectivity index (χ0v) is 18.4. The Kier molecular flexibility index (Phi) is 13.4. The normalized spacial score (nSPS) is 11.2. The lowest BCUT2D eigenvalue weighted by Crippen LogP contribution is -2.58. The van der Waals surface area contributed by atoms with E-state index in [2.05, 4.69) is 5.32 Å². The molecule has 0 heterocycles. The molecule has 0 aliphatic rings. The van der Waals surface area contributed by atoms with Gasteiger partial charge in [-0.05, 0) is 12.0 Å². The third-order valence-corrected chi connectivity index (χ3v) is 4.40. The molecule has 0 bridgehead atoms. The summed E-state index contributed by atoms with van der Waals surface area (Å²) in [6.45, 7) is -0.879. The van der Waals surface area contributed by atoms with Crippen molar-refractivity contribution in [3.63, 3.8) is 0 Å². The van der Waals surface area contributed by atoms with E-state index in [9.17, 15) is 19.2 Å². The number of hydrogen-bond acceptors (Lipinski definition) is 7. The van der Waals surface area contributed by atoms with Gasteiger partial charge in [0.25, 0.3) is 0 Å². The molecule has 11 nitrogen and oxygen atoms in total. The molecule has 184 valence electrons. The molecule has 0 saturated heterocycles. The Morgan fingerprint density at radius 2 is 1.12 bits per heavy atom. The summed E-state index contributed by atoms with van der Waals surface area (Å²) in [4.78, 5) is 45.0. The Balaban J connectivity index is 2.84. The molecule has 1 aromatic rings. The van der Waals surface area contributed by atoms with Crippen molar-refractivity contribution in [2.75, 3.05) is 39.6 Å². The number of carbonyl (C=O) groups excluding carboxylic acids is 1. The first kappa shape index (κ1) is 28.0. The van der Waals surface area contributed by atoms with Gasteiger partial charge in [0.15, 0.2) is 0 Å². The number of carbonyl (C=O) groups is 4. The van der Waals surface area contributed by atoms with Crippen LogP contribution in [0.5, 0.6) is 0 Å². The van der Waals surface area contributed by atoms with Crippen LogP contribution < -0.4 is 5.32 Å². The predicted molar refractivity (Wildman–Crippen MR) is 115 cm³/mol. The van der Waals surface area contributed by atoms with Gasteiger partial charge in [0.2, 0.25) is 5.91 Å². The zero-order chi connectivity index (χ0) is 24.5. The van der Waals surface area contributed by atoms with E-state index in [1.54, 1.807) is 0 Å². The summed E-state index contributed by atoms with van der Waals surface area (Å²) < 4.78 is 16.3. The average molecular weight is 469 g/mol. The van der Waals surface area contributed by atoms with Gasteiger partial charge in [0.05, 0.1) is 58.9 Å². The van der Waals surface area contributed by atoms with Crippen LogP contribution in [0.1, 0.15) is 31.2 Å². The molecular formula is C22H31NO10. The molecule has 4 N–H and O–H groups in total. The Hall–Kier alpha value is -3.02. The first-order valence-electron chi connectivity index (χ1n) is 10.5. The summed E-state index contributed by atoms with van der Waals surface area (Å²) in [6.07, 6.45) is -0.138. The Labute approximate surface area is 191 Å². The number of amides is 1. The lowest BCUT2D eigenvalue weighted by molar-refractivity contribution is -0.140. The van der Waals surface area contributed by atoms with Crippen LogP contribution in [0.15, 0.2) is 30.3 Å². The van der Waals surface area contributed by atoms with E-state index in [0.717, 1.165) is 5.56 Å². The van der Waals surface area contributed by atoms with Crippen LogP contribution in [0.25, 0.3) is 0 Å². The van der Waals surface area contributed by atoms with Crippen molar-refractivity contribution in [3.8, 4) is 0 Å². The molecule has 0 aromatic heterocycles. The maximum absolute atomic E-state index is 12.7. The SMILES string of the molecule is O=C(O)CCOCC(COCCC(=O)O)(COCCC(=O)O)NC(=O)CCc1ccccc1. The van der Waals surface area contributed by atoms with Crippen molar-refractivity contribution in [1.29, 1.82) is 0 Å². The van der Waals surface area contributed by atoms with Crippen LogP contribution in [0.2, 0.25) is 0 Å². The van der Waals surface area contributed by atoms with Crippen molar-refractivity contribution in [3.05, 3.63) is 35.9 Å². The fourth-order valence-electron chi connectivity index (χ4n) is 2.78. The van der Waals surface area contributed by atoms with Gasteiger partial charge in [-0.1, -0.05) is 30.3 Å². The lowest BCUT2D eigenvalue weighted by atomic mass is 10.0. The Morgan fingerprint density at radius 3 is 1.52 bits per heavy atom. The van der Waals surface area contributed by atoms with Gasteiger partial charge in [0.1, 0.15) is 5.54 Å². The summed E-state index contributed by atoms with van der Waals surface area (Å²) in [6, 6.07) is 9.37. The van der Waals surface area contributed by atoms with Gasteiger partial charge in [-0.15, -0.1) is 0 Å². The number of hydrogen-bond donors (Lipinski definition) is 4. The fourth-order valence-corrected chi connectivity index (χ4v) is 2.78. The molecule has 0 aliphatic heterocycles. The number of nitrogens with one attached hydrogen (secondary N) is 1.